The number of carbonyl (C=O) groups excluding carboxylic acids is 2. The van der Waals surface area contributed by atoms with Crippen LogP contribution >= 0.6 is 0 Å². The van der Waals surface area contributed by atoms with Crippen molar-refractivity contribution >= 4 is 11.9 Å². The van der Waals surface area contributed by atoms with Gasteiger partial charge in [-0.3, -0.25) is 0 Å². The van der Waals surface area contributed by atoms with Crippen LogP contribution in [-0.2, 0) is 28.5 Å². The van der Waals surface area contributed by atoms with Crippen molar-refractivity contribution in [1.82, 2.24) is 0 Å². The van der Waals surface area contributed by atoms with E-state index in [0.717, 1.165) is 6.42 Å². The number of hydrogen-bond acceptors (Lipinski definition) is 6. The Morgan fingerprint density at radius 2 is 1.86 bits per heavy atom. The van der Waals surface area contributed by atoms with Crippen LogP contribution in [0.3, 0.4) is 0 Å². The Bertz CT molecular complexity index is 390. The molecule has 6 nitrogen and oxygen atoms in total. The summed E-state index contributed by atoms with van der Waals surface area (Å²) in [6, 6.07) is 0. The van der Waals surface area contributed by atoms with E-state index in [9.17, 15) is 9.59 Å². The van der Waals surface area contributed by atoms with Crippen LogP contribution in [0.25, 0.3) is 0 Å². The van der Waals surface area contributed by atoms with Gasteiger partial charge in [-0.2, -0.15) is 0 Å². The lowest BCUT2D eigenvalue weighted by molar-refractivity contribution is -0.175. The molecule has 0 bridgehead atoms. The lowest BCUT2D eigenvalue weighted by atomic mass is 10.0. The van der Waals surface area contributed by atoms with E-state index < -0.39 is 18.0 Å². The van der Waals surface area contributed by atoms with Gasteiger partial charge in [-0.05, 0) is 27.2 Å². The van der Waals surface area contributed by atoms with Crippen LogP contribution in [0.5, 0.6) is 0 Å². The molecule has 1 aliphatic rings. The maximum absolute atomic E-state index is 11.8. The Balaban J connectivity index is 2.61. The molecule has 21 heavy (non-hydrogen) atoms. The largest absolute Gasteiger partial charge is 0.464 e. The van der Waals surface area contributed by atoms with Gasteiger partial charge in [0.1, 0.15) is 0 Å². The summed E-state index contributed by atoms with van der Waals surface area (Å²) >= 11 is 0. The van der Waals surface area contributed by atoms with Gasteiger partial charge in [-0.1, -0.05) is 5.92 Å². The van der Waals surface area contributed by atoms with Crippen molar-refractivity contribution < 1.29 is 28.5 Å². The third kappa shape index (κ3) is 5.37. The van der Waals surface area contributed by atoms with E-state index in [2.05, 4.69) is 11.8 Å². The van der Waals surface area contributed by atoms with Crippen molar-refractivity contribution in [2.45, 2.75) is 39.4 Å². The highest BCUT2D eigenvalue weighted by atomic mass is 16.6. The minimum Gasteiger partial charge on any atom is -0.464 e. The molecule has 0 aromatic heterocycles. The van der Waals surface area contributed by atoms with Crippen LogP contribution in [-0.4, -0.2) is 50.6 Å². The Morgan fingerprint density at radius 1 is 1.24 bits per heavy atom. The molecule has 1 saturated heterocycles. The number of ether oxygens (including phenoxy) is 4. The molecule has 0 radical (unpaired) electrons. The summed E-state index contributed by atoms with van der Waals surface area (Å²) in [5, 5.41) is 0. The zero-order valence-corrected chi connectivity index (χ0v) is 12.7. The summed E-state index contributed by atoms with van der Waals surface area (Å²) in [5.74, 6) is 4.45. The van der Waals surface area contributed by atoms with Gasteiger partial charge in [0.25, 0.3) is 6.10 Å². The fraction of sp³-hybridized carbons (Fsp3) is 0.733. The first-order chi connectivity index (χ1) is 10.1. The van der Waals surface area contributed by atoms with E-state index in [0.29, 0.717) is 6.61 Å². The average molecular weight is 298 g/mol. The molecule has 0 amide bonds. The standard InChI is InChI=1S/C15H22O6/c1-4-7-11-8-9-20-12(11)10-21-13(14(16)18-5-2)15(17)19-6-3/h11-13H,5-6,8-10H2,1-3H3. The summed E-state index contributed by atoms with van der Waals surface area (Å²) in [5.41, 5.74) is 0. The summed E-state index contributed by atoms with van der Waals surface area (Å²) in [6.45, 7) is 6.11. The van der Waals surface area contributed by atoms with Crippen LogP contribution in [0, 0.1) is 17.8 Å². The number of rotatable bonds is 7. The summed E-state index contributed by atoms with van der Waals surface area (Å²) in [4.78, 5) is 23.5. The molecule has 0 N–H and O–H groups in total. The van der Waals surface area contributed by atoms with E-state index in [4.69, 9.17) is 18.9 Å². The molecular weight excluding hydrogens is 276 g/mol. The molecule has 2 unspecified atom stereocenters. The average Bonchev–Trinajstić information content (AvgIpc) is 2.87. The number of hydrogen-bond donors (Lipinski definition) is 0. The predicted octanol–water partition coefficient (Wildman–Crippen LogP) is 0.926. The Hall–Kier alpha value is -1.58. The first kappa shape index (κ1) is 17.5. The van der Waals surface area contributed by atoms with Gasteiger partial charge in [0.2, 0.25) is 0 Å². The molecule has 6 heteroatoms. The zero-order chi connectivity index (χ0) is 15.7. The lowest BCUT2D eigenvalue weighted by Crippen LogP contribution is -2.38. The summed E-state index contributed by atoms with van der Waals surface area (Å²) in [6.07, 6.45) is -0.800. The van der Waals surface area contributed by atoms with E-state index in [1.807, 2.05) is 0 Å². The molecule has 0 aromatic rings. The number of carbonyl (C=O) groups is 2. The van der Waals surface area contributed by atoms with Crippen molar-refractivity contribution in [1.29, 1.82) is 0 Å². The second kappa shape index (κ2) is 9.37. The molecule has 0 spiro atoms. The van der Waals surface area contributed by atoms with Gasteiger partial charge in [-0.25, -0.2) is 9.59 Å². The molecule has 0 saturated carbocycles. The van der Waals surface area contributed by atoms with E-state index >= 15 is 0 Å². The fourth-order valence-corrected chi connectivity index (χ4v) is 2.02. The van der Waals surface area contributed by atoms with Crippen LogP contribution in [0.15, 0.2) is 0 Å². The predicted molar refractivity (Wildman–Crippen MR) is 74.3 cm³/mol. The molecule has 0 aliphatic carbocycles. The van der Waals surface area contributed by atoms with Gasteiger partial charge < -0.3 is 18.9 Å². The van der Waals surface area contributed by atoms with Crippen molar-refractivity contribution in [3.05, 3.63) is 0 Å². The first-order valence-corrected chi connectivity index (χ1v) is 7.12. The highest BCUT2D eigenvalue weighted by Gasteiger charge is 2.34. The Morgan fingerprint density at radius 3 is 2.38 bits per heavy atom. The zero-order valence-electron chi connectivity index (χ0n) is 12.7. The van der Waals surface area contributed by atoms with E-state index in [1.54, 1.807) is 20.8 Å². The highest BCUT2D eigenvalue weighted by molar-refractivity contribution is 5.98. The smallest absolute Gasteiger partial charge is 0.347 e. The third-order valence-electron chi connectivity index (χ3n) is 2.97. The fourth-order valence-electron chi connectivity index (χ4n) is 2.02. The van der Waals surface area contributed by atoms with Gasteiger partial charge >= 0.3 is 11.9 Å². The molecule has 1 heterocycles. The van der Waals surface area contributed by atoms with Crippen LogP contribution < -0.4 is 0 Å². The molecule has 118 valence electrons. The molecule has 0 aromatic carbocycles. The third-order valence-corrected chi connectivity index (χ3v) is 2.97. The molecule has 1 rings (SSSR count). The normalized spacial score (nSPS) is 20.8. The van der Waals surface area contributed by atoms with Crippen molar-refractivity contribution in [2.24, 2.45) is 5.92 Å². The van der Waals surface area contributed by atoms with Gasteiger partial charge in [0, 0.05) is 6.61 Å². The second-order valence-electron chi connectivity index (χ2n) is 4.42. The maximum atomic E-state index is 11.8. The Kier molecular flexibility index (Phi) is 7.80. The first-order valence-electron chi connectivity index (χ1n) is 7.12. The van der Waals surface area contributed by atoms with Gasteiger partial charge in [-0.15, -0.1) is 5.92 Å². The van der Waals surface area contributed by atoms with Crippen LogP contribution in [0.1, 0.15) is 27.2 Å². The maximum Gasteiger partial charge on any atom is 0.347 e. The lowest BCUT2D eigenvalue weighted by Gasteiger charge is -2.19. The minimum atomic E-state index is -1.37. The van der Waals surface area contributed by atoms with Crippen molar-refractivity contribution in [3.63, 3.8) is 0 Å². The Labute approximate surface area is 125 Å². The SMILES string of the molecule is CC#CC1CCOC1COC(C(=O)OCC)C(=O)OCC. The second-order valence-corrected chi connectivity index (χ2v) is 4.42. The van der Waals surface area contributed by atoms with Crippen molar-refractivity contribution in [3.8, 4) is 11.8 Å². The van der Waals surface area contributed by atoms with Gasteiger partial charge in [0.05, 0.1) is 31.8 Å². The molecular formula is C15H22O6. The molecule has 2 atom stereocenters. The van der Waals surface area contributed by atoms with Gasteiger partial charge in [0.15, 0.2) is 0 Å². The molecule has 1 aliphatic heterocycles. The summed E-state index contributed by atoms with van der Waals surface area (Å²) in [7, 11) is 0. The van der Waals surface area contributed by atoms with Crippen molar-refractivity contribution in [2.75, 3.05) is 26.4 Å². The van der Waals surface area contributed by atoms with E-state index in [1.165, 1.54) is 0 Å². The van der Waals surface area contributed by atoms with E-state index in [-0.39, 0.29) is 31.8 Å². The monoisotopic (exact) mass is 298 g/mol. The highest BCUT2D eigenvalue weighted by Crippen LogP contribution is 2.21. The van der Waals surface area contributed by atoms with Crippen LogP contribution in [0.4, 0.5) is 0 Å². The number of esters is 2. The minimum absolute atomic E-state index is 0.0556. The summed E-state index contributed by atoms with van der Waals surface area (Å²) < 4.78 is 20.6. The topological polar surface area (TPSA) is 71.1 Å². The molecule has 1 fully saturated rings. The van der Waals surface area contributed by atoms with Crippen LogP contribution in [0.2, 0.25) is 0 Å². The quantitative estimate of drug-likeness (QED) is 0.395.